The molecule has 0 aliphatic carbocycles. The highest BCUT2D eigenvalue weighted by atomic mass is 35.5. The summed E-state index contributed by atoms with van der Waals surface area (Å²) in [5.74, 6) is -1.15. The van der Waals surface area contributed by atoms with Crippen molar-refractivity contribution in [2.24, 2.45) is 0 Å². The molecule has 0 aliphatic heterocycles. The van der Waals surface area contributed by atoms with Gasteiger partial charge in [-0.15, -0.1) is 0 Å². The molecule has 2 rings (SSSR count). The van der Waals surface area contributed by atoms with Crippen molar-refractivity contribution in [2.75, 3.05) is 5.32 Å². The topological polar surface area (TPSA) is 42.0 Å². The van der Waals surface area contributed by atoms with Crippen molar-refractivity contribution >= 4 is 34.8 Å². The Morgan fingerprint density at radius 2 is 2.06 bits per heavy atom. The van der Waals surface area contributed by atoms with Gasteiger partial charge in [-0.25, -0.2) is 9.37 Å². The van der Waals surface area contributed by atoms with Crippen molar-refractivity contribution < 1.29 is 9.18 Å². The van der Waals surface area contributed by atoms with E-state index in [1.807, 2.05) is 0 Å². The van der Waals surface area contributed by atoms with Crippen LogP contribution in [0.15, 0.2) is 36.5 Å². The largest absolute Gasteiger partial charge is 0.322 e. The third-order valence-corrected chi connectivity index (χ3v) is 2.77. The summed E-state index contributed by atoms with van der Waals surface area (Å²) in [4.78, 5) is 15.7. The minimum absolute atomic E-state index is 0.0598. The second-order valence-corrected chi connectivity index (χ2v) is 4.19. The molecule has 1 amide bonds. The van der Waals surface area contributed by atoms with Gasteiger partial charge in [0, 0.05) is 11.9 Å². The van der Waals surface area contributed by atoms with E-state index in [1.54, 1.807) is 6.07 Å². The van der Waals surface area contributed by atoms with Crippen LogP contribution in [0, 0.1) is 5.82 Å². The molecule has 0 aliphatic rings. The number of hydrogen-bond donors (Lipinski definition) is 1. The maximum atomic E-state index is 13.2. The van der Waals surface area contributed by atoms with E-state index in [0.717, 1.165) is 0 Å². The highest BCUT2D eigenvalue weighted by molar-refractivity contribution is 6.34. The maximum Gasteiger partial charge on any atom is 0.257 e. The number of carbonyl (C=O) groups excluding carboxylic acids is 1. The molecule has 1 heterocycles. The monoisotopic (exact) mass is 284 g/mol. The van der Waals surface area contributed by atoms with Crippen molar-refractivity contribution in [1.29, 1.82) is 0 Å². The lowest BCUT2D eigenvalue weighted by molar-refractivity contribution is 0.102. The Balaban J connectivity index is 2.25. The Hall–Kier alpha value is -1.65. The van der Waals surface area contributed by atoms with E-state index in [-0.39, 0.29) is 15.7 Å². The van der Waals surface area contributed by atoms with Gasteiger partial charge in [0.15, 0.2) is 0 Å². The van der Waals surface area contributed by atoms with Gasteiger partial charge < -0.3 is 5.32 Å². The average Bonchev–Trinajstić information content (AvgIpc) is 2.32. The fourth-order valence-electron chi connectivity index (χ4n) is 1.36. The molecule has 1 aromatic heterocycles. The van der Waals surface area contributed by atoms with E-state index >= 15 is 0 Å². The van der Waals surface area contributed by atoms with Crippen molar-refractivity contribution in [2.45, 2.75) is 0 Å². The molecule has 0 bridgehead atoms. The van der Waals surface area contributed by atoms with E-state index in [2.05, 4.69) is 10.3 Å². The molecule has 0 atom stereocenters. The summed E-state index contributed by atoms with van der Waals surface area (Å²) in [6.07, 6.45) is 1.45. The summed E-state index contributed by atoms with van der Waals surface area (Å²) in [5, 5.41) is 2.59. The van der Waals surface area contributed by atoms with Crippen molar-refractivity contribution in [1.82, 2.24) is 4.98 Å². The highest BCUT2D eigenvalue weighted by Gasteiger charge is 2.13. The molecule has 0 radical (unpaired) electrons. The zero-order chi connectivity index (χ0) is 13.1. The predicted molar refractivity (Wildman–Crippen MR) is 68.6 cm³/mol. The summed E-state index contributed by atoms with van der Waals surface area (Å²) < 4.78 is 13.2. The van der Waals surface area contributed by atoms with Crippen LogP contribution in [0.3, 0.4) is 0 Å². The van der Waals surface area contributed by atoms with Gasteiger partial charge in [-0.05, 0) is 24.3 Å². The van der Waals surface area contributed by atoms with Crippen LogP contribution in [-0.2, 0) is 0 Å². The normalized spacial score (nSPS) is 10.2. The minimum atomic E-state index is -0.642. The third kappa shape index (κ3) is 2.78. The number of carbonyl (C=O) groups is 1. The van der Waals surface area contributed by atoms with Gasteiger partial charge in [-0.1, -0.05) is 29.3 Å². The summed E-state index contributed by atoms with van der Waals surface area (Å²) in [5.41, 5.74) is 0.518. The van der Waals surface area contributed by atoms with Crippen LogP contribution in [0.5, 0.6) is 0 Å². The van der Waals surface area contributed by atoms with Crippen LogP contribution in [0.4, 0.5) is 10.1 Å². The van der Waals surface area contributed by atoms with E-state index in [4.69, 9.17) is 23.2 Å². The van der Waals surface area contributed by atoms with Crippen molar-refractivity contribution in [3.8, 4) is 0 Å². The van der Waals surface area contributed by atoms with Crippen molar-refractivity contribution in [3.05, 3.63) is 58.1 Å². The first kappa shape index (κ1) is 12.8. The lowest BCUT2D eigenvalue weighted by Crippen LogP contribution is -2.13. The fraction of sp³-hybridized carbons (Fsp3) is 0. The number of nitrogens with one attached hydrogen (secondary N) is 1. The maximum absolute atomic E-state index is 13.2. The molecule has 0 saturated heterocycles. The molecule has 1 aromatic carbocycles. The number of aromatic nitrogens is 1. The molecule has 6 heteroatoms. The quantitative estimate of drug-likeness (QED) is 0.853. The van der Waals surface area contributed by atoms with Crippen LogP contribution < -0.4 is 5.32 Å². The second kappa shape index (κ2) is 5.33. The Kier molecular flexibility index (Phi) is 3.79. The average molecular weight is 285 g/mol. The molecule has 92 valence electrons. The first-order valence-corrected chi connectivity index (χ1v) is 5.70. The Morgan fingerprint density at radius 1 is 1.28 bits per heavy atom. The number of benzene rings is 1. The fourth-order valence-corrected chi connectivity index (χ4v) is 1.74. The van der Waals surface area contributed by atoms with E-state index < -0.39 is 11.7 Å². The molecule has 2 aromatic rings. The molecular formula is C12H7Cl2FN2O. The number of halogens is 3. The zero-order valence-electron chi connectivity index (χ0n) is 8.95. The van der Waals surface area contributed by atoms with E-state index in [1.165, 1.54) is 30.5 Å². The van der Waals surface area contributed by atoms with E-state index in [9.17, 15) is 9.18 Å². The van der Waals surface area contributed by atoms with Gasteiger partial charge in [0.05, 0.1) is 10.6 Å². The number of rotatable bonds is 2. The molecular weight excluding hydrogens is 278 g/mol. The van der Waals surface area contributed by atoms with Crippen LogP contribution in [-0.4, -0.2) is 10.9 Å². The van der Waals surface area contributed by atoms with Gasteiger partial charge in [0.2, 0.25) is 0 Å². The number of pyridine rings is 1. The zero-order valence-corrected chi connectivity index (χ0v) is 10.5. The van der Waals surface area contributed by atoms with Crippen molar-refractivity contribution in [3.63, 3.8) is 0 Å². The number of amides is 1. The molecule has 0 fully saturated rings. The molecule has 3 nitrogen and oxygen atoms in total. The molecule has 1 N–H and O–H groups in total. The third-order valence-electron chi connectivity index (χ3n) is 2.18. The van der Waals surface area contributed by atoms with Gasteiger partial charge in [0.25, 0.3) is 5.91 Å². The molecule has 0 spiro atoms. The smallest absolute Gasteiger partial charge is 0.257 e. The second-order valence-electron chi connectivity index (χ2n) is 3.42. The molecule has 0 saturated carbocycles. The predicted octanol–water partition coefficient (Wildman–Crippen LogP) is 3.78. The number of hydrogen-bond acceptors (Lipinski definition) is 2. The number of anilines is 1. The Bertz CT molecular complexity index is 604. The number of nitrogens with zero attached hydrogens (tertiary/aromatic N) is 1. The Morgan fingerprint density at radius 3 is 2.78 bits per heavy atom. The summed E-state index contributed by atoms with van der Waals surface area (Å²) in [6.45, 7) is 0. The van der Waals surface area contributed by atoms with Crippen LogP contribution in [0.2, 0.25) is 10.2 Å². The van der Waals surface area contributed by atoms with Gasteiger partial charge in [-0.3, -0.25) is 4.79 Å². The first-order chi connectivity index (χ1) is 8.58. The molecule has 18 heavy (non-hydrogen) atoms. The Labute approximate surface area is 113 Å². The van der Waals surface area contributed by atoms with Crippen LogP contribution in [0.25, 0.3) is 0 Å². The SMILES string of the molecule is O=C(Nc1ccnc(Cl)c1)c1cccc(F)c1Cl. The lowest BCUT2D eigenvalue weighted by Gasteiger charge is -2.07. The van der Waals surface area contributed by atoms with Crippen LogP contribution in [0.1, 0.15) is 10.4 Å². The van der Waals surface area contributed by atoms with E-state index in [0.29, 0.717) is 5.69 Å². The van der Waals surface area contributed by atoms with Crippen LogP contribution >= 0.6 is 23.2 Å². The van der Waals surface area contributed by atoms with Gasteiger partial charge in [0.1, 0.15) is 11.0 Å². The highest BCUT2D eigenvalue weighted by Crippen LogP contribution is 2.21. The van der Waals surface area contributed by atoms with Gasteiger partial charge in [-0.2, -0.15) is 0 Å². The standard InChI is InChI=1S/C12H7Cl2FN2O/c13-10-6-7(4-5-16-10)17-12(18)8-2-1-3-9(15)11(8)14/h1-6H,(H,16,17,18). The van der Waals surface area contributed by atoms with Gasteiger partial charge >= 0.3 is 0 Å². The molecule has 0 unspecified atom stereocenters. The summed E-state index contributed by atoms with van der Waals surface area (Å²) >= 11 is 11.4. The lowest BCUT2D eigenvalue weighted by atomic mass is 10.2. The minimum Gasteiger partial charge on any atom is -0.322 e. The summed E-state index contributed by atoms with van der Waals surface area (Å²) in [7, 11) is 0. The first-order valence-electron chi connectivity index (χ1n) is 4.95. The summed E-state index contributed by atoms with van der Waals surface area (Å²) in [6, 6.07) is 7.07.